The summed E-state index contributed by atoms with van der Waals surface area (Å²) in [4.78, 5) is 12.8. The molecular formula is C15H16BrNOS. The summed E-state index contributed by atoms with van der Waals surface area (Å²) in [6.45, 7) is 4.14. The highest BCUT2D eigenvalue weighted by Gasteiger charge is 2.12. The van der Waals surface area contributed by atoms with E-state index in [1.807, 2.05) is 19.1 Å². The molecule has 0 bridgehead atoms. The van der Waals surface area contributed by atoms with E-state index in [4.69, 9.17) is 0 Å². The molecule has 1 atom stereocenters. The average Bonchev–Trinajstić information content (AvgIpc) is 2.85. The summed E-state index contributed by atoms with van der Waals surface area (Å²) in [5, 5.41) is 3.01. The largest absolute Gasteiger partial charge is 0.345 e. The highest BCUT2D eigenvalue weighted by Crippen LogP contribution is 2.23. The molecule has 0 spiro atoms. The second-order valence-electron chi connectivity index (χ2n) is 4.39. The highest BCUT2D eigenvalue weighted by molar-refractivity contribution is 9.11. The Morgan fingerprint density at radius 1 is 1.26 bits per heavy atom. The maximum Gasteiger partial charge on any atom is 0.261 e. The minimum Gasteiger partial charge on any atom is -0.345 e. The van der Waals surface area contributed by atoms with Crippen LogP contribution in [0.15, 0.2) is 40.2 Å². The Morgan fingerprint density at radius 3 is 2.47 bits per heavy atom. The predicted octanol–water partition coefficient (Wildman–Crippen LogP) is 4.56. The van der Waals surface area contributed by atoms with E-state index in [1.165, 1.54) is 16.9 Å². The number of nitrogens with one attached hydrogen (secondary N) is 1. The maximum absolute atomic E-state index is 12.0. The molecule has 0 saturated carbocycles. The second-order valence-corrected chi connectivity index (χ2v) is 6.86. The summed E-state index contributed by atoms with van der Waals surface area (Å²) in [6.07, 6.45) is 1.03. The zero-order chi connectivity index (χ0) is 13.8. The van der Waals surface area contributed by atoms with Gasteiger partial charge in [-0.25, -0.2) is 0 Å². The minimum absolute atomic E-state index is 0.0132. The zero-order valence-corrected chi connectivity index (χ0v) is 13.3. The monoisotopic (exact) mass is 337 g/mol. The van der Waals surface area contributed by atoms with Crippen LogP contribution >= 0.6 is 27.3 Å². The Bertz CT molecular complexity index is 562. The van der Waals surface area contributed by atoms with E-state index >= 15 is 0 Å². The molecule has 100 valence electrons. The lowest BCUT2D eigenvalue weighted by Gasteiger charge is -2.14. The van der Waals surface area contributed by atoms with Crippen LogP contribution in [0.5, 0.6) is 0 Å². The van der Waals surface area contributed by atoms with Crippen molar-refractivity contribution in [1.82, 2.24) is 5.32 Å². The molecule has 1 amide bonds. The molecule has 0 saturated heterocycles. The number of carbonyl (C=O) groups excluding carboxylic acids is 1. The lowest BCUT2D eigenvalue weighted by Crippen LogP contribution is -2.25. The molecule has 1 aromatic heterocycles. The first-order valence-electron chi connectivity index (χ1n) is 6.25. The van der Waals surface area contributed by atoms with Crippen molar-refractivity contribution in [3.63, 3.8) is 0 Å². The average molecular weight is 338 g/mol. The molecule has 19 heavy (non-hydrogen) atoms. The SMILES string of the molecule is CCc1ccc(C(C)NC(=O)c2ccc(Br)s2)cc1. The first-order chi connectivity index (χ1) is 9.10. The van der Waals surface area contributed by atoms with Crippen LogP contribution in [-0.4, -0.2) is 5.91 Å². The molecule has 0 aliphatic carbocycles. The lowest BCUT2D eigenvalue weighted by molar-refractivity contribution is 0.0944. The summed E-state index contributed by atoms with van der Waals surface area (Å²) in [5.74, 6) is -0.0252. The Morgan fingerprint density at radius 2 is 1.95 bits per heavy atom. The molecule has 1 unspecified atom stereocenters. The Labute approximate surface area is 126 Å². The third kappa shape index (κ3) is 3.67. The van der Waals surface area contributed by atoms with E-state index in [-0.39, 0.29) is 11.9 Å². The van der Waals surface area contributed by atoms with E-state index in [0.717, 1.165) is 20.6 Å². The van der Waals surface area contributed by atoms with Crippen LogP contribution in [0.3, 0.4) is 0 Å². The molecule has 0 aliphatic rings. The van der Waals surface area contributed by atoms with Crippen LogP contribution in [0.2, 0.25) is 0 Å². The molecule has 4 heteroatoms. The topological polar surface area (TPSA) is 29.1 Å². The summed E-state index contributed by atoms with van der Waals surface area (Å²) in [5.41, 5.74) is 2.44. The van der Waals surface area contributed by atoms with Crippen LogP contribution in [0.4, 0.5) is 0 Å². The number of hydrogen-bond donors (Lipinski definition) is 1. The van der Waals surface area contributed by atoms with E-state index in [1.54, 1.807) is 0 Å². The quantitative estimate of drug-likeness (QED) is 0.870. The summed E-state index contributed by atoms with van der Waals surface area (Å²) in [6, 6.07) is 12.1. The Balaban J connectivity index is 2.03. The van der Waals surface area contributed by atoms with Crippen molar-refractivity contribution in [2.45, 2.75) is 26.3 Å². The van der Waals surface area contributed by atoms with Crippen molar-refractivity contribution in [1.29, 1.82) is 0 Å². The molecule has 0 aliphatic heterocycles. The molecule has 1 aromatic carbocycles. The molecule has 2 aromatic rings. The van der Waals surface area contributed by atoms with Gasteiger partial charge in [-0.05, 0) is 52.5 Å². The molecule has 2 rings (SSSR count). The van der Waals surface area contributed by atoms with Gasteiger partial charge >= 0.3 is 0 Å². The molecular weight excluding hydrogens is 322 g/mol. The first-order valence-corrected chi connectivity index (χ1v) is 7.86. The Kier molecular flexibility index (Phi) is 4.77. The Hall–Kier alpha value is -1.13. The van der Waals surface area contributed by atoms with E-state index < -0.39 is 0 Å². The number of thiophene rings is 1. The van der Waals surface area contributed by atoms with Crippen molar-refractivity contribution in [3.05, 3.63) is 56.2 Å². The van der Waals surface area contributed by atoms with Crippen LogP contribution < -0.4 is 5.32 Å². The van der Waals surface area contributed by atoms with Gasteiger partial charge in [-0.1, -0.05) is 31.2 Å². The number of hydrogen-bond acceptors (Lipinski definition) is 2. The first kappa shape index (κ1) is 14.3. The van der Waals surface area contributed by atoms with Crippen molar-refractivity contribution in [2.24, 2.45) is 0 Å². The van der Waals surface area contributed by atoms with Crippen LogP contribution in [0.1, 0.15) is 40.7 Å². The van der Waals surface area contributed by atoms with Gasteiger partial charge in [0.05, 0.1) is 14.7 Å². The summed E-state index contributed by atoms with van der Waals surface area (Å²) >= 11 is 4.81. The van der Waals surface area contributed by atoms with Crippen LogP contribution in [0, 0.1) is 0 Å². The van der Waals surface area contributed by atoms with Crippen molar-refractivity contribution < 1.29 is 4.79 Å². The molecule has 0 fully saturated rings. The normalized spacial score (nSPS) is 12.2. The molecule has 1 heterocycles. The standard InChI is InChI=1S/C15H16BrNOS/c1-3-11-4-6-12(7-5-11)10(2)17-15(18)13-8-9-14(16)19-13/h4-10H,3H2,1-2H3,(H,17,18). The van der Waals surface area contributed by atoms with Gasteiger partial charge in [-0.3, -0.25) is 4.79 Å². The van der Waals surface area contributed by atoms with Gasteiger partial charge in [-0.2, -0.15) is 0 Å². The van der Waals surface area contributed by atoms with Crippen molar-refractivity contribution >= 4 is 33.2 Å². The fraction of sp³-hybridized carbons (Fsp3) is 0.267. The fourth-order valence-corrected chi connectivity index (χ4v) is 3.12. The van der Waals surface area contributed by atoms with Crippen LogP contribution in [0.25, 0.3) is 0 Å². The second kappa shape index (κ2) is 6.35. The number of rotatable bonds is 4. The maximum atomic E-state index is 12.0. The summed E-state index contributed by atoms with van der Waals surface area (Å²) < 4.78 is 0.970. The fourth-order valence-electron chi connectivity index (χ4n) is 1.83. The van der Waals surface area contributed by atoms with Gasteiger partial charge in [-0.15, -0.1) is 11.3 Å². The molecule has 1 N–H and O–H groups in total. The van der Waals surface area contributed by atoms with Gasteiger partial charge in [0.15, 0.2) is 0 Å². The summed E-state index contributed by atoms with van der Waals surface area (Å²) in [7, 11) is 0. The smallest absolute Gasteiger partial charge is 0.261 e. The highest BCUT2D eigenvalue weighted by atomic mass is 79.9. The predicted molar refractivity (Wildman–Crippen MR) is 83.7 cm³/mol. The molecule has 2 nitrogen and oxygen atoms in total. The van der Waals surface area contributed by atoms with Gasteiger partial charge in [0.25, 0.3) is 5.91 Å². The number of carbonyl (C=O) groups is 1. The van der Waals surface area contributed by atoms with Gasteiger partial charge in [0.2, 0.25) is 0 Å². The zero-order valence-electron chi connectivity index (χ0n) is 10.9. The van der Waals surface area contributed by atoms with Gasteiger partial charge in [0.1, 0.15) is 0 Å². The van der Waals surface area contributed by atoms with E-state index in [2.05, 4.69) is 52.4 Å². The van der Waals surface area contributed by atoms with E-state index in [0.29, 0.717) is 0 Å². The number of halogens is 1. The minimum atomic E-state index is -0.0252. The third-order valence-corrected chi connectivity index (χ3v) is 4.65. The lowest BCUT2D eigenvalue weighted by atomic mass is 10.0. The van der Waals surface area contributed by atoms with Crippen molar-refractivity contribution in [2.75, 3.05) is 0 Å². The third-order valence-electron chi connectivity index (χ3n) is 3.03. The van der Waals surface area contributed by atoms with E-state index in [9.17, 15) is 4.79 Å². The van der Waals surface area contributed by atoms with Crippen molar-refractivity contribution in [3.8, 4) is 0 Å². The number of amides is 1. The molecule has 0 radical (unpaired) electrons. The number of aryl methyl sites for hydroxylation is 1. The number of benzene rings is 1. The van der Waals surface area contributed by atoms with Gasteiger partial charge < -0.3 is 5.32 Å². The van der Waals surface area contributed by atoms with Gasteiger partial charge in [0, 0.05) is 0 Å². The van der Waals surface area contributed by atoms with Crippen LogP contribution in [-0.2, 0) is 6.42 Å².